The molecule has 156 valence electrons. The number of aromatic amines is 1. The molecule has 1 aliphatic rings. The van der Waals surface area contributed by atoms with Gasteiger partial charge in [-0.3, -0.25) is 9.89 Å². The summed E-state index contributed by atoms with van der Waals surface area (Å²) in [6, 6.07) is 12.1. The summed E-state index contributed by atoms with van der Waals surface area (Å²) in [5, 5.41) is 9.76. The number of carbonyl (C=O) groups is 1. The van der Waals surface area contributed by atoms with Crippen LogP contribution in [0.1, 0.15) is 55.4 Å². The molecule has 1 unspecified atom stereocenters. The van der Waals surface area contributed by atoms with Crippen molar-refractivity contribution in [2.45, 2.75) is 45.4 Å². The van der Waals surface area contributed by atoms with Crippen LogP contribution in [0.25, 0.3) is 0 Å². The molecule has 0 saturated heterocycles. The summed E-state index contributed by atoms with van der Waals surface area (Å²) in [6.45, 7) is 8.60. The van der Waals surface area contributed by atoms with Gasteiger partial charge in [-0.1, -0.05) is 44.5 Å². The maximum Gasteiger partial charge on any atom is 0.226 e. The highest BCUT2D eigenvalue weighted by molar-refractivity contribution is 5.94. The zero-order chi connectivity index (χ0) is 21.5. The van der Waals surface area contributed by atoms with Crippen LogP contribution in [0.4, 0.5) is 5.82 Å². The lowest BCUT2D eigenvalue weighted by molar-refractivity contribution is -0.116. The minimum absolute atomic E-state index is 0.0478. The Labute approximate surface area is 176 Å². The van der Waals surface area contributed by atoms with E-state index in [-0.39, 0.29) is 17.2 Å². The molecule has 1 amide bonds. The van der Waals surface area contributed by atoms with Gasteiger partial charge in [-0.25, -0.2) is 0 Å². The van der Waals surface area contributed by atoms with Gasteiger partial charge in [0.1, 0.15) is 5.75 Å². The smallest absolute Gasteiger partial charge is 0.226 e. The van der Waals surface area contributed by atoms with Gasteiger partial charge in [-0.15, -0.1) is 0 Å². The summed E-state index contributed by atoms with van der Waals surface area (Å²) in [7, 11) is 1.63. The highest BCUT2D eigenvalue weighted by Crippen LogP contribution is 2.42. The first-order valence-corrected chi connectivity index (χ1v) is 10.1. The second kappa shape index (κ2) is 7.52. The monoisotopic (exact) mass is 405 g/mol. The second-order valence-electron chi connectivity index (χ2n) is 8.76. The van der Waals surface area contributed by atoms with E-state index in [9.17, 15) is 4.79 Å². The van der Waals surface area contributed by atoms with Gasteiger partial charge in [0, 0.05) is 29.7 Å². The van der Waals surface area contributed by atoms with Crippen LogP contribution >= 0.6 is 0 Å². The molecule has 0 bridgehead atoms. The third-order valence-corrected chi connectivity index (χ3v) is 5.45. The van der Waals surface area contributed by atoms with Crippen molar-refractivity contribution in [3.63, 3.8) is 0 Å². The average molecular weight is 405 g/mol. The lowest BCUT2D eigenvalue weighted by atomic mass is 9.85. The molecule has 3 aromatic rings. The Morgan fingerprint density at radius 2 is 1.83 bits per heavy atom. The van der Waals surface area contributed by atoms with E-state index in [4.69, 9.17) is 9.47 Å². The lowest BCUT2D eigenvalue weighted by Gasteiger charge is -2.25. The summed E-state index contributed by atoms with van der Waals surface area (Å²) in [4.78, 5) is 12.1. The summed E-state index contributed by atoms with van der Waals surface area (Å²) in [6.07, 6.45) is 2.19. The Morgan fingerprint density at radius 1 is 1.07 bits per heavy atom. The number of aromatic nitrogens is 2. The summed E-state index contributed by atoms with van der Waals surface area (Å²) < 4.78 is 12.0. The summed E-state index contributed by atoms with van der Waals surface area (Å²) in [5.74, 6) is 2.54. The number of ether oxygens (including phenoxy) is 2. The molecule has 0 aliphatic carbocycles. The average Bonchev–Trinajstić information content (AvgIpc) is 3.16. The molecular weight excluding hydrogens is 378 g/mol. The number of fused-ring (bicyclic) bond motifs is 1. The molecule has 2 heterocycles. The number of amides is 1. The minimum Gasteiger partial charge on any atom is -0.493 e. The van der Waals surface area contributed by atoms with Crippen molar-refractivity contribution in [2.24, 2.45) is 0 Å². The molecule has 1 aromatic heterocycles. The summed E-state index contributed by atoms with van der Waals surface area (Å²) >= 11 is 0. The number of aryl methyl sites for hydroxylation is 1. The number of benzene rings is 2. The van der Waals surface area contributed by atoms with E-state index in [0.717, 1.165) is 22.4 Å². The molecule has 1 atom stereocenters. The molecule has 2 aromatic carbocycles. The number of nitrogens with zero attached hydrogens (tertiary/aromatic N) is 1. The topological polar surface area (TPSA) is 76.2 Å². The van der Waals surface area contributed by atoms with Crippen LogP contribution in [-0.4, -0.2) is 23.2 Å². The fourth-order valence-corrected chi connectivity index (χ4v) is 3.86. The van der Waals surface area contributed by atoms with Gasteiger partial charge in [-0.2, -0.15) is 5.10 Å². The largest absolute Gasteiger partial charge is 0.493 e. The first-order valence-electron chi connectivity index (χ1n) is 10.1. The van der Waals surface area contributed by atoms with Crippen LogP contribution in [0.3, 0.4) is 0 Å². The molecule has 0 fully saturated rings. The third-order valence-electron chi connectivity index (χ3n) is 5.45. The minimum atomic E-state index is -0.0834. The zero-order valence-corrected chi connectivity index (χ0v) is 18.0. The summed E-state index contributed by atoms with van der Waals surface area (Å²) in [5.41, 5.74) is 4.24. The molecule has 0 spiro atoms. The Kier molecular flexibility index (Phi) is 5.02. The van der Waals surface area contributed by atoms with Crippen LogP contribution in [0.2, 0.25) is 0 Å². The fraction of sp³-hybridized carbons (Fsp3) is 0.333. The van der Waals surface area contributed by atoms with Gasteiger partial charge in [0.15, 0.2) is 17.3 Å². The second-order valence-corrected chi connectivity index (χ2v) is 8.76. The van der Waals surface area contributed by atoms with Crippen molar-refractivity contribution < 1.29 is 14.3 Å². The molecule has 1 aliphatic heterocycles. The number of rotatable bonds is 4. The number of nitrogens with one attached hydrogen (secondary N) is 2. The van der Waals surface area contributed by atoms with Crippen molar-refractivity contribution >= 4 is 11.7 Å². The van der Waals surface area contributed by atoms with Gasteiger partial charge in [0.05, 0.1) is 7.11 Å². The molecule has 4 rings (SSSR count). The highest BCUT2D eigenvalue weighted by Gasteiger charge is 2.29. The number of hydrogen-bond donors (Lipinski definition) is 2. The zero-order valence-electron chi connectivity index (χ0n) is 18.0. The van der Waals surface area contributed by atoms with Gasteiger partial charge < -0.3 is 14.8 Å². The number of hydrogen-bond acceptors (Lipinski definition) is 4. The van der Waals surface area contributed by atoms with E-state index >= 15 is 0 Å². The number of H-pyrrole nitrogens is 1. The van der Waals surface area contributed by atoms with Crippen molar-refractivity contribution in [3.05, 3.63) is 64.8 Å². The normalized spacial score (nSPS) is 16.0. The van der Waals surface area contributed by atoms with E-state index in [2.05, 4.69) is 49.3 Å². The molecule has 30 heavy (non-hydrogen) atoms. The Hall–Kier alpha value is -3.28. The van der Waals surface area contributed by atoms with E-state index in [0.29, 0.717) is 23.7 Å². The molecule has 0 radical (unpaired) electrons. The highest BCUT2D eigenvalue weighted by atomic mass is 16.5. The molecular formula is C24H27N3O3. The Morgan fingerprint density at radius 3 is 2.57 bits per heavy atom. The van der Waals surface area contributed by atoms with Gasteiger partial charge in [-0.05, 0) is 36.1 Å². The maximum atomic E-state index is 12.1. The predicted molar refractivity (Wildman–Crippen MR) is 117 cm³/mol. The third kappa shape index (κ3) is 3.77. The van der Waals surface area contributed by atoms with Crippen molar-refractivity contribution in [1.82, 2.24) is 10.2 Å². The first kappa shape index (κ1) is 20.0. The molecule has 0 saturated carbocycles. The van der Waals surface area contributed by atoms with Gasteiger partial charge >= 0.3 is 0 Å². The van der Waals surface area contributed by atoms with Crippen LogP contribution in [0.5, 0.6) is 17.2 Å². The predicted octanol–water partition coefficient (Wildman–Crippen LogP) is 5.29. The Bertz CT molecular complexity index is 1100. The van der Waals surface area contributed by atoms with E-state index in [1.54, 1.807) is 7.11 Å². The lowest BCUT2D eigenvalue weighted by Crippen LogP contribution is -2.23. The SMILES string of the molecule is COc1cc(C2CC(=O)Nc3n[nH]cc32)ccc1Oc1ccc(C)cc1C(C)(C)C. The maximum absolute atomic E-state index is 12.1. The standard InChI is InChI=1S/C24H27N3O3/c1-14-6-8-19(18(10-14)24(2,3)4)30-20-9-7-15(11-21(20)29-5)16-12-22(28)26-23-17(16)13-25-27-23/h6-11,13,16H,12H2,1-5H3,(H2,25,26,27,28). The number of methoxy groups -OCH3 is 1. The van der Waals surface area contributed by atoms with Crippen LogP contribution in [-0.2, 0) is 10.2 Å². The van der Waals surface area contributed by atoms with E-state index in [1.165, 1.54) is 5.56 Å². The molecule has 2 N–H and O–H groups in total. The first-order chi connectivity index (χ1) is 14.3. The molecule has 6 heteroatoms. The number of carbonyl (C=O) groups excluding carboxylic acids is 1. The van der Waals surface area contributed by atoms with Crippen molar-refractivity contribution in [1.29, 1.82) is 0 Å². The van der Waals surface area contributed by atoms with E-state index in [1.807, 2.05) is 36.5 Å². The fourth-order valence-electron chi connectivity index (χ4n) is 3.86. The quantitative estimate of drug-likeness (QED) is 0.618. The van der Waals surface area contributed by atoms with Crippen LogP contribution in [0.15, 0.2) is 42.6 Å². The molecule has 6 nitrogen and oxygen atoms in total. The van der Waals surface area contributed by atoms with Crippen molar-refractivity contribution in [2.75, 3.05) is 12.4 Å². The van der Waals surface area contributed by atoms with Gasteiger partial charge in [0.2, 0.25) is 5.91 Å². The van der Waals surface area contributed by atoms with E-state index < -0.39 is 0 Å². The number of anilines is 1. The van der Waals surface area contributed by atoms with Crippen LogP contribution < -0.4 is 14.8 Å². The van der Waals surface area contributed by atoms with Crippen LogP contribution in [0, 0.1) is 6.92 Å². The van der Waals surface area contributed by atoms with Crippen molar-refractivity contribution in [3.8, 4) is 17.2 Å². The van der Waals surface area contributed by atoms with Gasteiger partial charge in [0.25, 0.3) is 0 Å². The Balaban J connectivity index is 1.69.